The van der Waals surface area contributed by atoms with Gasteiger partial charge in [0.2, 0.25) is 17.7 Å². The summed E-state index contributed by atoms with van der Waals surface area (Å²) in [5, 5.41) is 23.4. The van der Waals surface area contributed by atoms with Gasteiger partial charge in [-0.3, -0.25) is 33.9 Å². The minimum atomic E-state index is -1.41. The van der Waals surface area contributed by atoms with Crippen LogP contribution in [0.25, 0.3) is 0 Å². The van der Waals surface area contributed by atoms with Crippen LogP contribution in [0, 0.1) is 5.92 Å². The van der Waals surface area contributed by atoms with Gasteiger partial charge >= 0.3 is 12.0 Å². The van der Waals surface area contributed by atoms with E-state index in [9.17, 15) is 38.7 Å². The number of benzene rings is 1. The van der Waals surface area contributed by atoms with Crippen LogP contribution in [0.4, 0.5) is 10.5 Å². The first-order valence-electron chi connectivity index (χ1n) is 17.3. The summed E-state index contributed by atoms with van der Waals surface area (Å²) in [4.78, 5) is 92.2. The number of hydrogen-bond acceptors (Lipinski definition) is 9. The summed E-state index contributed by atoms with van der Waals surface area (Å²) >= 11 is 0. The number of pyridine rings is 1. The van der Waals surface area contributed by atoms with Gasteiger partial charge in [-0.2, -0.15) is 5.10 Å². The van der Waals surface area contributed by atoms with Crippen molar-refractivity contribution in [1.82, 2.24) is 30.4 Å². The molecule has 4 N–H and O–H groups in total. The molecule has 0 bridgehead atoms. The Morgan fingerprint density at radius 1 is 0.904 bits per heavy atom. The molecule has 2 atom stereocenters. The van der Waals surface area contributed by atoms with Gasteiger partial charge in [-0.1, -0.05) is 25.5 Å². The molecule has 7 amide bonds. The number of imide groups is 1. The first-order valence-corrected chi connectivity index (χ1v) is 17.3. The summed E-state index contributed by atoms with van der Waals surface area (Å²) < 4.78 is 0. The monoisotopic (exact) mass is 714 g/mol. The van der Waals surface area contributed by atoms with Crippen LogP contribution in [0.15, 0.2) is 60.0 Å². The number of urea groups is 1. The topological polar surface area (TPSA) is 211 Å². The van der Waals surface area contributed by atoms with Crippen LogP contribution in [-0.2, 0) is 41.9 Å². The van der Waals surface area contributed by atoms with E-state index in [0.29, 0.717) is 44.5 Å². The van der Waals surface area contributed by atoms with E-state index in [-0.39, 0.29) is 62.1 Å². The van der Waals surface area contributed by atoms with E-state index in [1.165, 1.54) is 17.2 Å². The quantitative estimate of drug-likeness (QED) is 0.148. The molecule has 0 spiro atoms. The van der Waals surface area contributed by atoms with Crippen LogP contribution in [0.1, 0.15) is 68.6 Å². The molecule has 2 aromatic rings. The average Bonchev–Trinajstić information content (AvgIpc) is 3.70. The standard InChI is InChI=1S/C36H42N8O8/c1-23-18-33(49)44(41-34(23)24-7-9-27(10-8-24)39-36(52)42-21-25-13-15-37-20-26(25)22-42)17-5-14-38-30(46)19-28(35(50)51)40-29(45)6-3-2-4-16-43-31(47)11-12-32(43)48/h7-13,15,20,23,28H,2-6,14,16-19,21-22H2,1H3,(H,38,46)(H,39,52)(H,40,45)(H,50,51). The number of anilines is 1. The van der Waals surface area contributed by atoms with E-state index in [0.717, 1.165) is 27.3 Å². The second-order valence-corrected chi connectivity index (χ2v) is 13.0. The Balaban J connectivity index is 1.02. The van der Waals surface area contributed by atoms with Crippen LogP contribution < -0.4 is 16.0 Å². The van der Waals surface area contributed by atoms with E-state index in [1.807, 2.05) is 25.1 Å². The summed E-state index contributed by atoms with van der Waals surface area (Å²) in [6.07, 6.45) is 7.56. The average molecular weight is 715 g/mol. The largest absolute Gasteiger partial charge is 0.480 e. The number of unbranched alkanes of at least 4 members (excludes halogenated alkanes) is 2. The molecule has 4 heterocycles. The lowest BCUT2D eigenvalue weighted by molar-refractivity contribution is -0.143. The molecule has 1 aromatic heterocycles. The Hall–Kier alpha value is -5.93. The lowest BCUT2D eigenvalue weighted by Gasteiger charge is -2.28. The Morgan fingerprint density at radius 2 is 1.63 bits per heavy atom. The van der Waals surface area contributed by atoms with E-state index >= 15 is 0 Å². The molecule has 0 radical (unpaired) electrons. The van der Waals surface area contributed by atoms with E-state index < -0.39 is 30.2 Å². The van der Waals surface area contributed by atoms with Crippen molar-refractivity contribution >= 4 is 52.9 Å². The minimum absolute atomic E-state index is 0.0316. The van der Waals surface area contributed by atoms with Gasteiger partial charge in [0, 0.05) is 81.7 Å². The van der Waals surface area contributed by atoms with Crippen LogP contribution in [0.5, 0.6) is 0 Å². The van der Waals surface area contributed by atoms with Gasteiger partial charge < -0.3 is 26.0 Å². The van der Waals surface area contributed by atoms with E-state index in [1.54, 1.807) is 29.4 Å². The molecule has 2 unspecified atom stereocenters. The predicted octanol–water partition coefficient (Wildman–Crippen LogP) is 2.15. The molecular weight excluding hydrogens is 672 g/mol. The van der Waals surface area contributed by atoms with Crippen LogP contribution in [0.3, 0.4) is 0 Å². The Kier molecular flexibility index (Phi) is 12.4. The number of fused-ring (bicyclic) bond motifs is 1. The fourth-order valence-electron chi connectivity index (χ4n) is 6.12. The van der Waals surface area contributed by atoms with Gasteiger partial charge in [0.25, 0.3) is 11.8 Å². The molecular formula is C36H42N8O8. The molecule has 52 heavy (non-hydrogen) atoms. The van der Waals surface area contributed by atoms with Gasteiger partial charge in [-0.05, 0) is 54.2 Å². The number of nitrogens with zero attached hydrogens (tertiary/aromatic N) is 5. The first kappa shape index (κ1) is 37.3. The van der Waals surface area contributed by atoms with Crippen molar-refractivity contribution in [3.8, 4) is 0 Å². The van der Waals surface area contributed by atoms with Gasteiger partial charge in [0.05, 0.1) is 12.1 Å². The molecule has 16 nitrogen and oxygen atoms in total. The van der Waals surface area contributed by atoms with Gasteiger partial charge in [0.15, 0.2) is 0 Å². The lowest BCUT2D eigenvalue weighted by Crippen LogP contribution is -2.44. The molecule has 5 rings (SSSR count). The molecule has 3 aliphatic heterocycles. The van der Waals surface area contributed by atoms with Crippen molar-refractivity contribution in [3.05, 3.63) is 71.6 Å². The third kappa shape index (κ3) is 9.86. The second-order valence-electron chi connectivity index (χ2n) is 13.0. The highest BCUT2D eigenvalue weighted by molar-refractivity contribution is 6.12. The number of carbonyl (C=O) groups excluding carboxylic acids is 6. The number of hydrogen-bond donors (Lipinski definition) is 4. The summed E-state index contributed by atoms with van der Waals surface area (Å²) in [6, 6.07) is 7.56. The number of carboxylic acids is 1. The summed E-state index contributed by atoms with van der Waals surface area (Å²) in [7, 11) is 0. The molecule has 1 aromatic carbocycles. The fraction of sp³-hybridized carbons (Fsp3) is 0.417. The highest BCUT2D eigenvalue weighted by Crippen LogP contribution is 2.24. The zero-order valence-corrected chi connectivity index (χ0v) is 28.9. The summed E-state index contributed by atoms with van der Waals surface area (Å²) in [5.41, 5.74) is 4.26. The number of aliphatic carboxylic acids is 1. The van der Waals surface area contributed by atoms with Gasteiger partial charge in [0.1, 0.15) is 6.04 Å². The lowest BCUT2D eigenvalue weighted by atomic mass is 9.93. The number of hydrazone groups is 1. The number of carboxylic acid groups (broad SMARTS) is 1. The van der Waals surface area contributed by atoms with Gasteiger partial charge in [-0.25, -0.2) is 14.6 Å². The number of carbonyl (C=O) groups is 7. The molecule has 16 heteroatoms. The van der Waals surface area contributed by atoms with Gasteiger partial charge in [-0.15, -0.1) is 0 Å². The Bertz CT molecular complexity index is 1730. The zero-order chi connectivity index (χ0) is 37.2. The van der Waals surface area contributed by atoms with Crippen molar-refractivity contribution in [2.24, 2.45) is 11.0 Å². The van der Waals surface area contributed by atoms with E-state index in [2.05, 4.69) is 26.0 Å². The Morgan fingerprint density at radius 3 is 2.35 bits per heavy atom. The normalized spacial score (nSPS) is 17.2. The number of aromatic nitrogens is 1. The molecule has 3 aliphatic rings. The highest BCUT2D eigenvalue weighted by Gasteiger charge is 2.28. The maximum Gasteiger partial charge on any atom is 0.326 e. The minimum Gasteiger partial charge on any atom is -0.480 e. The first-order chi connectivity index (χ1) is 25.0. The van der Waals surface area contributed by atoms with Crippen molar-refractivity contribution in [1.29, 1.82) is 0 Å². The zero-order valence-electron chi connectivity index (χ0n) is 28.9. The third-order valence-electron chi connectivity index (χ3n) is 8.99. The predicted molar refractivity (Wildman–Crippen MR) is 187 cm³/mol. The Labute approximate surface area is 300 Å². The molecule has 0 fully saturated rings. The number of amides is 7. The summed E-state index contributed by atoms with van der Waals surface area (Å²) in [5.74, 6) is -3.45. The molecule has 0 saturated heterocycles. The van der Waals surface area contributed by atoms with Crippen molar-refractivity contribution < 1.29 is 38.7 Å². The SMILES string of the molecule is CC1CC(=O)N(CCCNC(=O)CC(NC(=O)CCCCCN2C(=O)C=CC2=O)C(=O)O)N=C1c1ccc(NC(=O)N2Cc3ccncc3C2)cc1. The van der Waals surface area contributed by atoms with Crippen LogP contribution in [0.2, 0.25) is 0 Å². The number of nitrogens with one attached hydrogen (secondary N) is 3. The van der Waals surface area contributed by atoms with E-state index in [4.69, 9.17) is 0 Å². The fourth-order valence-corrected chi connectivity index (χ4v) is 6.12. The maximum absolute atomic E-state index is 12.8. The maximum atomic E-state index is 12.8. The third-order valence-corrected chi connectivity index (χ3v) is 8.99. The molecule has 274 valence electrons. The van der Waals surface area contributed by atoms with Crippen molar-refractivity contribution in [3.63, 3.8) is 0 Å². The van der Waals surface area contributed by atoms with Crippen molar-refractivity contribution in [2.75, 3.05) is 25.0 Å². The smallest absolute Gasteiger partial charge is 0.326 e. The molecule has 0 aliphatic carbocycles. The van der Waals surface area contributed by atoms with Crippen LogP contribution in [-0.4, -0.2) is 97.8 Å². The second kappa shape index (κ2) is 17.3. The number of rotatable bonds is 16. The molecule has 0 saturated carbocycles. The highest BCUT2D eigenvalue weighted by atomic mass is 16.4. The summed E-state index contributed by atoms with van der Waals surface area (Å²) in [6.45, 7) is 3.56. The van der Waals surface area contributed by atoms with Crippen LogP contribution >= 0.6 is 0 Å². The van der Waals surface area contributed by atoms with Crippen molar-refractivity contribution in [2.45, 2.75) is 71.0 Å².